The van der Waals surface area contributed by atoms with Crippen molar-refractivity contribution in [1.82, 2.24) is 5.32 Å². The van der Waals surface area contributed by atoms with Gasteiger partial charge in [-0.1, -0.05) is 42.1 Å². The van der Waals surface area contributed by atoms with Crippen molar-refractivity contribution >= 4 is 23.6 Å². The normalized spacial score (nSPS) is 19.0. The minimum absolute atomic E-state index is 0.0980. The highest BCUT2D eigenvalue weighted by molar-refractivity contribution is 8.03. The second kappa shape index (κ2) is 5.77. The molecule has 0 radical (unpaired) electrons. The van der Waals surface area contributed by atoms with E-state index in [4.69, 9.17) is 0 Å². The lowest BCUT2D eigenvalue weighted by atomic mass is 9.88. The first-order valence-corrected chi connectivity index (χ1v) is 7.53. The van der Waals surface area contributed by atoms with Crippen LogP contribution in [0.2, 0.25) is 0 Å². The van der Waals surface area contributed by atoms with Gasteiger partial charge in [0.2, 0.25) is 5.91 Å². The molecule has 4 nitrogen and oxygen atoms in total. The molecular formula is C16H15NO3S. The van der Waals surface area contributed by atoms with Crippen LogP contribution >= 0.6 is 11.8 Å². The van der Waals surface area contributed by atoms with Crippen LogP contribution in [-0.4, -0.2) is 25.5 Å². The number of ether oxygens (including phenoxy) is 1. The first-order chi connectivity index (χ1) is 10.2. The molecule has 1 atom stereocenters. The Balaban J connectivity index is 1.72. The highest BCUT2D eigenvalue weighted by atomic mass is 32.2. The lowest BCUT2D eigenvalue weighted by molar-refractivity contribution is -0.140. The fraction of sp³-hybridized carbons (Fsp3) is 0.250. The van der Waals surface area contributed by atoms with Crippen LogP contribution in [0.4, 0.5) is 0 Å². The second-order valence-electron chi connectivity index (χ2n) is 4.92. The van der Waals surface area contributed by atoms with Gasteiger partial charge >= 0.3 is 5.97 Å². The third-order valence-electron chi connectivity index (χ3n) is 3.65. The van der Waals surface area contributed by atoms with E-state index in [2.05, 4.69) is 22.2 Å². The maximum Gasteiger partial charge on any atom is 0.325 e. The Morgan fingerprint density at radius 2 is 2.14 bits per heavy atom. The molecule has 1 aromatic rings. The average Bonchev–Trinajstić information content (AvgIpc) is 2.90. The van der Waals surface area contributed by atoms with Crippen molar-refractivity contribution < 1.29 is 14.3 Å². The van der Waals surface area contributed by atoms with E-state index in [9.17, 15) is 9.59 Å². The molecule has 0 bridgehead atoms. The summed E-state index contributed by atoms with van der Waals surface area (Å²) in [7, 11) is 1.30. The molecule has 0 saturated carbocycles. The summed E-state index contributed by atoms with van der Waals surface area (Å²) in [5.74, 6) is -0.391. The van der Waals surface area contributed by atoms with Crippen molar-refractivity contribution in [3.8, 4) is 0 Å². The lowest BCUT2D eigenvalue weighted by Gasteiger charge is -2.18. The standard InChI is InChI=1S/C16H15NO3S/c1-20-15(18)9-17-16(19)10-6-7-14-12(8-10)11-4-2-3-5-13(11)21-14/h2-7,12H,8-9H2,1H3,(H,17,19). The van der Waals surface area contributed by atoms with Crippen LogP contribution in [0.15, 0.2) is 51.8 Å². The maximum absolute atomic E-state index is 12.1. The van der Waals surface area contributed by atoms with Crippen LogP contribution in [0.25, 0.3) is 0 Å². The summed E-state index contributed by atoms with van der Waals surface area (Å²) in [6.45, 7) is -0.0980. The monoisotopic (exact) mass is 301 g/mol. The Labute approximate surface area is 127 Å². The number of amides is 1. The molecule has 108 valence electrons. The first-order valence-electron chi connectivity index (χ1n) is 6.71. The molecule has 2 aliphatic rings. The van der Waals surface area contributed by atoms with E-state index in [0.29, 0.717) is 12.0 Å². The Hall–Kier alpha value is -2.01. The number of hydrogen-bond donors (Lipinski definition) is 1. The molecule has 1 aromatic carbocycles. The van der Waals surface area contributed by atoms with Gasteiger partial charge in [0.25, 0.3) is 0 Å². The van der Waals surface area contributed by atoms with Crippen molar-refractivity contribution in [3.05, 3.63) is 52.5 Å². The molecule has 1 heterocycles. The van der Waals surface area contributed by atoms with Gasteiger partial charge < -0.3 is 10.1 Å². The quantitative estimate of drug-likeness (QED) is 0.871. The zero-order valence-electron chi connectivity index (χ0n) is 11.6. The summed E-state index contributed by atoms with van der Waals surface area (Å²) < 4.78 is 4.52. The van der Waals surface area contributed by atoms with Crippen LogP contribution < -0.4 is 5.32 Å². The third kappa shape index (κ3) is 2.74. The fourth-order valence-corrected chi connectivity index (χ4v) is 3.77. The van der Waals surface area contributed by atoms with Gasteiger partial charge in [-0.25, -0.2) is 0 Å². The number of rotatable bonds is 3. The van der Waals surface area contributed by atoms with Gasteiger partial charge in [0, 0.05) is 16.4 Å². The summed E-state index contributed by atoms with van der Waals surface area (Å²) in [5.41, 5.74) is 1.98. The molecule has 1 N–H and O–H groups in total. The predicted octanol–water partition coefficient (Wildman–Crippen LogP) is 2.38. The van der Waals surface area contributed by atoms with Crippen molar-refractivity contribution in [2.45, 2.75) is 17.2 Å². The average molecular weight is 301 g/mol. The van der Waals surface area contributed by atoms with E-state index >= 15 is 0 Å². The summed E-state index contributed by atoms with van der Waals surface area (Å²) in [6, 6.07) is 8.28. The van der Waals surface area contributed by atoms with Crippen LogP contribution in [0.1, 0.15) is 17.9 Å². The van der Waals surface area contributed by atoms with Crippen LogP contribution in [0, 0.1) is 0 Å². The number of carbonyl (C=O) groups excluding carboxylic acids is 2. The number of carbonyl (C=O) groups is 2. The van der Waals surface area contributed by atoms with E-state index in [-0.39, 0.29) is 18.4 Å². The summed E-state index contributed by atoms with van der Waals surface area (Å²) >= 11 is 1.77. The minimum Gasteiger partial charge on any atom is -0.468 e. The fourth-order valence-electron chi connectivity index (χ4n) is 2.55. The van der Waals surface area contributed by atoms with E-state index < -0.39 is 5.97 Å². The molecule has 0 saturated heterocycles. The molecule has 3 rings (SSSR count). The number of fused-ring (bicyclic) bond motifs is 3. The van der Waals surface area contributed by atoms with Crippen molar-refractivity contribution in [3.63, 3.8) is 0 Å². The van der Waals surface area contributed by atoms with Crippen LogP contribution in [0.5, 0.6) is 0 Å². The smallest absolute Gasteiger partial charge is 0.325 e. The molecule has 0 aromatic heterocycles. The zero-order chi connectivity index (χ0) is 14.8. The molecule has 5 heteroatoms. The molecule has 1 unspecified atom stereocenters. The first kappa shape index (κ1) is 13.9. The minimum atomic E-state index is -0.447. The number of esters is 1. The topological polar surface area (TPSA) is 55.4 Å². The van der Waals surface area contributed by atoms with E-state index in [0.717, 1.165) is 0 Å². The van der Waals surface area contributed by atoms with Crippen molar-refractivity contribution in [2.75, 3.05) is 13.7 Å². The largest absolute Gasteiger partial charge is 0.468 e. The number of nitrogens with one attached hydrogen (secondary N) is 1. The Morgan fingerprint density at radius 3 is 2.95 bits per heavy atom. The number of thioether (sulfide) groups is 1. The molecular weight excluding hydrogens is 286 g/mol. The molecule has 1 amide bonds. The van der Waals surface area contributed by atoms with Gasteiger partial charge in [0.15, 0.2) is 0 Å². The number of benzene rings is 1. The second-order valence-corrected chi connectivity index (χ2v) is 6.03. The summed E-state index contributed by atoms with van der Waals surface area (Å²) in [6.07, 6.45) is 4.52. The van der Waals surface area contributed by atoms with Gasteiger partial charge in [0.05, 0.1) is 7.11 Å². The van der Waals surface area contributed by atoms with Gasteiger partial charge in [0.1, 0.15) is 6.54 Å². The molecule has 0 fully saturated rings. The Morgan fingerprint density at radius 1 is 1.33 bits per heavy atom. The molecule has 0 spiro atoms. The zero-order valence-corrected chi connectivity index (χ0v) is 12.4. The number of methoxy groups -OCH3 is 1. The Bertz CT molecular complexity index is 663. The summed E-state index contributed by atoms with van der Waals surface area (Å²) in [4.78, 5) is 25.7. The van der Waals surface area contributed by atoms with E-state index in [1.165, 1.54) is 22.5 Å². The highest BCUT2D eigenvalue weighted by Gasteiger charge is 2.31. The van der Waals surface area contributed by atoms with Crippen molar-refractivity contribution in [2.24, 2.45) is 0 Å². The predicted molar refractivity (Wildman–Crippen MR) is 80.8 cm³/mol. The van der Waals surface area contributed by atoms with Gasteiger partial charge in [-0.2, -0.15) is 0 Å². The SMILES string of the molecule is COC(=O)CNC(=O)C1=CC=C2Sc3ccccc3C2C1. The highest BCUT2D eigenvalue weighted by Crippen LogP contribution is 2.52. The Kier molecular flexibility index (Phi) is 3.84. The number of hydrogen-bond acceptors (Lipinski definition) is 4. The lowest BCUT2D eigenvalue weighted by Crippen LogP contribution is -2.32. The molecule has 1 aliphatic heterocycles. The van der Waals surface area contributed by atoms with Crippen molar-refractivity contribution in [1.29, 1.82) is 0 Å². The summed E-state index contributed by atoms with van der Waals surface area (Å²) in [5, 5.41) is 2.59. The van der Waals surface area contributed by atoms with E-state index in [1.54, 1.807) is 11.8 Å². The molecule has 21 heavy (non-hydrogen) atoms. The van der Waals surface area contributed by atoms with Gasteiger partial charge in [-0.3, -0.25) is 9.59 Å². The van der Waals surface area contributed by atoms with Crippen LogP contribution in [0.3, 0.4) is 0 Å². The van der Waals surface area contributed by atoms with E-state index in [1.807, 2.05) is 24.3 Å². The van der Waals surface area contributed by atoms with Crippen LogP contribution in [-0.2, 0) is 14.3 Å². The number of allylic oxidation sites excluding steroid dienone is 3. The van der Waals surface area contributed by atoms with Gasteiger partial charge in [-0.05, 0) is 23.0 Å². The van der Waals surface area contributed by atoms with Gasteiger partial charge in [-0.15, -0.1) is 0 Å². The maximum atomic E-state index is 12.1. The third-order valence-corrected chi connectivity index (χ3v) is 4.90. The molecule has 1 aliphatic carbocycles.